The molecule has 0 aliphatic carbocycles. The molecule has 3 heterocycles. The van der Waals surface area contributed by atoms with E-state index in [0.717, 1.165) is 0 Å². The Labute approximate surface area is 158 Å². The Balaban J connectivity index is 1.57. The second-order valence-corrected chi connectivity index (χ2v) is 7.90. The predicted octanol–water partition coefficient (Wildman–Crippen LogP) is -0.891. The fourth-order valence-electron chi connectivity index (χ4n) is 2.95. The number of hydrogen-bond acceptors (Lipinski definition) is 8. The summed E-state index contributed by atoms with van der Waals surface area (Å²) in [5, 5.41) is 18.3. The standard InChI is InChI=1S/C17H26BN3O6/c1-16(2)17(3,4)27-18(26-16)11-7-19-15(20-8-11)25-12-5-6-21(9-12)14(24)13(23)10-22/h7-8,12-13,22-23H,5-6,9-10H2,1-4H3/t12-,13+/m1/s1. The molecule has 1 aromatic heterocycles. The van der Waals surface area contributed by atoms with Gasteiger partial charge in [-0.2, -0.15) is 0 Å². The molecule has 0 aromatic carbocycles. The van der Waals surface area contributed by atoms with Gasteiger partial charge in [-0.05, 0) is 27.7 Å². The first-order valence-corrected chi connectivity index (χ1v) is 9.05. The quantitative estimate of drug-likeness (QED) is 0.634. The van der Waals surface area contributed by atoms with Crippen LogP contribution in [0, 0.1) is 0 Å². The Morgan fingerprint density at radius 2 is 1.93 bits per heavy atom. The van der Waals surface area contributed by atoms with Crippen molar-refractivity contribution >= 4 is 18.5 Å². The highest BCUT2D eigenvalue weighted by Gasteiger charge is 2.52. The van der Waals surface area contributed by atoms with Crippen molar-refractivity contribution in [2.45, 2.75) is 57.5 Å². The van der Waals surface area contributed by atoms with E-state index in [1.807, 2.05) is 27.7 Å². The lowest BCUT2D eigenvalue weighted by Gasteiger charge is -2.32. The van der Waals surface area contributed by atoms with E-state index in [1.54, 1.807) is 12.4 Å². The summed E-state index contributed by atoms with van der Waals surface area (Å²) in [7, 11) is -0.538. The smallest absolute Gasteiger partial charge is 0.458 e. The van der Waals surface area contributed by atoms with Crippen molar-refractivity contribution in [1.82, 2.24) is 14.9 Å². The van der Waals surface area contributed by atoms with Crippen molar-refractivity contribution in [3.63, 3.8) is 0 Å². The molecule has 0 radical (unpaired) electrons. The van der Waals surface area contributed by atoms with Crippen molar-refractivity contribution in [2.75, 3.05) is 19.7 Å². The van der Waals surface area contributed by atoms with Crippen LogP contribution in [0.5, 0.6) is 6.01 Å². The van der Waals surface area contributed by atoms with E-state index >= 15 is 0 Å². The summed E-state index contributed by atoms with van der Waals surface area (Å²) in [6, 6.07) is 0.206. The van der Waals surface area contributed by atoms with E-state index in [4.69, 9.17) is 19.2 Å². The molecule has 2 atom stereocenters. The first-order chi connectivity index (χ1) is 12.6. The fourth-order valence-corrected chi connectivity index (χ4v) is 2.95. The molecule has 2 aliphatic rings. The molecule has 148 valence electrons. The summed E-state index contributed by atoms with van der Waals surface area (Å²) in [4.78, 5) is 21.8. The van der Waals surface area contributed by atoms with Gasteiger partial charge >= 0.3 is 13.1 Å². The van der Waals surface area contributed by atoms with Gasteiger partial charge in [0.25, 0.3) is 5.91 Å². The molecule has 27 heavy (non-hydrogen) atoms. The van der Waals surface area contributed by atoms with Crippen LogP contribution in [-0.4, -0.2) is 81.2 Å². The summed E-state index contributed by atoms with van der Waals surface area (Å²) < 4.78 is 17.7. The van der Waals surface area contributed by atoms with E-state index in [2.05, 4.69) is 9.97 Å². The molecule has 9 nitrogen and oxygen atoms in total. The number of amides is 1. The number of nitrogens with zero attached hydrogens (tertiary/aromatic N) is 3. The minimum absolute atomic E-state index is 0.206. The highest BCUT2D eigenvalue weighted by Crippen LogP contribution is 2.36. The highest BCUT2D eigenvalue weighted by atomic mass is 16.7. The number of likely N-dealkylation sites (tertiary alicyclic amines) is 1. The molecule has 0 spiro atoms. The third-order valence-electron chi connectivity index (χ3n) is 5.36. The average Bonchev–Trinajstić information content (AvgIpc) is 3.16. The van der Waals surface area contributed by atoms with Crippen LogP contribution in [0.1, 0.15) is 34.1 Å². The van der Waals surface area contributed by atoms with E-state index in [9.17, 15) is 9.90 Å². The summed E-state index contributed by atoms with van der Waals surface area (Å²) in [5.74, 6) is -0.499. The van der Waals surface area contributed by atoms with Gasteiger partial charge in [-0.25, -0.2) is 9.97 Å². The zero-order valence-corrected chi connectivity index (χ0v) is 16.1. The van der Waals surface area contributed by atoms with Crippen LogP contribution in [-0.2, 0) is 14.1 Å². The second kappa shape index (κ2) is 7.35. The molecule has 0 saturated carbocycles. The Hall–Kier alpha value is -1.75. The maximum atomic E-state index is 11.9. The number of aromatic nitrogens is 2. The molecular weight excluding hydrogens is 353 g/mol. The Bertz CT molecular complexity index is 668. The lowest BCUT2D eigenvalue weighted by atomic mass is 9.81. The molecule has 0 bridgehead atoms. The Morgan fingerprint density at radius 1 is 1.33 bits per heavy atom. The lowest BCUT2D eigenvalue weighted by molar-refractivity contribution is -0.141. The minimum atomic E-state index is -1.39. The number of hydrogen-bond donors (Lipinski definition) is 2. The molecule has 2 fully saturated rings. The zero-order valence-electron chi connectivity index (χ0n) is 16.1. The number of carbonyl (C=O) groups is 1. The Morgan fingerprint density at radius 3 is 2.48 bits per heavy atom. The topological polar surface area (TPSA) is 114 Å². The molecule has 10 heteroatoms. The van der Waals surface area contributed by atoms with Crippen molar-refractivity contribution in [3.8, 4) is 6.01 Å². The van der Waals surface area contributed by atoms with Crippen LogP contribution in [0.15, 0.2) is 12.4 Å². The predicted molar refractivity (Wildman–Crippen MR) is 96.5 cm³/mol. The molecular formula is C17H26BN3O6. The molecule has 2 saturated heterocycles. The number of aliphatic hydroxyl groups is 2. The first kappa shape index (κ1) is 20.0. The first-order valence-electron chi connectivity index (χ1n) is 9.05. The second-order valence-electron chi connectivity index (χ2n) is 7.90. The summed E-state index contributed by atoms with van der Waals surface area (Å²) in [6.45, 7) is 8.09. The summed E-state index contributed by atoms with van der Waals surface area (Å²) in [6.07, 6.45) is 2.17. The van der Waals surface area contributed by atoms with E-state index < -0.39 is 36.9 Å². The minimum Gasteiger partial charge on any atom is -0.458 e. The number of ether oxygens (including phenoxy) is 1. The number of aliphatic hydroxyl groups excluding tert-OH is 2. The summed E-state index contributed by atoms with van der Waals surface area (Å²) in [5.41, 5.74) is -0.173. The van der Waals surface area contributed by atoms with Crippen LogP contribution in [0.4, 0.5) is 0 Å². The van der Waals surface area contributed by atoms with Crippen molar-refractivity contribution in [3.05, 3.63) is 12.4 Å². The number of carbonyl (C=O) groups excluding carboxylic acids is 1. The van der Waals surface area contributed by atoms with Crippen molar-refractivity contribution < 1.29 is 29.1 Å². The molecule has 2 aliphatic heterocycles. The van der Waals surface area contributed by atoms with Gasteiger partial charge in [-0.3, -0.25) is 4.79 Å². The van der Waals surface area contributed by atoms with Crippen molar-refractivity contribution in [1.29, 1.82) is 0 Å². The van der Waals surface area contributed by atoms with E-state index in [0.29, 0.717) is 25.0 Å². The monoisotopic (exact) mass is 379 g/mol. The summed E-state index contributed by atoms with van der Waals surface area (Å²) >= 11 is 0. The van der Waals surface area contributed by atoms with Gasteiger partial charge < -0.3 is 29.2 Å². The third-order valence-corrected chi connectivity index (χ3v) is 5.36. The largest absolute Gasteiger partial charge is 0.498 e. The molecule has 2 N–H and O–H groups in total. The molecule has 1 aromatic rings. The molecule has 3 rings (SSSR count). The van der Waals surface area contributed by atoms with Gasteiger partial charge in [0.05, 0.1) is 24.4 Å². The van der Waals surface area contributed by atoms with Gasteiger partial charge in [0.2, 0.25) is 0 Å². The van der Waals surface area contributed by atoms with Crippen LogP contribution >= 0.6 is 0 Å². The van der Waals surface area contributed by atoms with Crippen LogP contribution in [0.25, 0.3) is 0 Å². The van der Waals surface area contributed by atoms with Gasteiger partial charge in [0.15, 0.2) is 6.10 Å². The van der Waals surface area contributed by atoms with E-state index in [1.165, 1.54) is 4.90 Å². The van der Waals surface area contributed by atoms with Gasteiger partial charge in [-0.1, -0.05) is 0 Å². The van der Waals surface area contributed by atoms with Gasteiger partial charge in [-0.15, -0.1) is 0 Å². The number of rotatable bonds is 5. The van der Waals surface area contributed by atoms with Gasteiger partial charge in [0, 0.05) is 30.8 Å². The van der Waals surface area contributed by atoms with Gasteiger partial charge in [0.1, 0.15) is 6.10 Å². The van der Waals surface area contributed by atoms with Crippen LogP contribution in [0.3, 0.4) is 0 Å². The third kappa shape index (κ3) is 4.08. The lowest BCUT2D eigenvalue weighted by Crippen LogP contribution is -2.41. The zero-order chi connectivity index (χ0) is 19.8. The molecule has 0 unspecified atom stereocenters. The normalized spacial score (nSPS) is 24.9. The Kier molecular flexibility index (Phi) is 5.44. The van der Waals surface area contributed by atoms with E-state index in [-0.39, 0.29) is 12.1 Å². The average molecular weight is 379 g/mol. The van der Waals surface area contributed by atoms with Crippen LogP contribution < -0.4 is 10.2 Å². The van der Waals surface area contributed by atoms with Crippen molar-refractivity contribution in [2.24, 2.45) is 0 Å². The maximum Gasteiger partial charge on any atom is 0.498 e. The highest BCUT2D eigenvalue weighted by molar-refractivity contribution is 6.61. The molecule has 1 amide bonds. The maximum absolute atomic E-state index is 11.9. The SMILES string of the molecule is CC1(C)OB(c2cnc(O[C@@H]3CCN(C(=O)[C@@H](O)CO)C3)nc2)OC1(C)C. The van der Waals surface area contributed by atoms with Crippen LogP contribution in [0.2, 0.25) is 0 Å². The fraction of sp³-hybridized carbons (Fsp3) is 0.706.